The van der Waals surface area contributed by atoms with Crippen LogP contribution in [0.25, 0.3) is 10.9 Å². The van der Waals surface area contributed by atoms with Gasteiger partial charge in [-0.3, -0.25) is 9.88 Å². The van der Waals surface area contributed by atoms with E-state index in [1.807, 2.05) is 43.5 Å². The van der Waals surface area contributed by atoms with Crippen LogP contribution in [0, 0.1) is 0 Å². The molecule has 0 unspecified atom stereocenters. The fourth-order valence-electron chi connectivity index (χ4n) is 4.05. The first-order valence-electron chi connectivity index (χ1n) is 10.7. The molecule has 2 heterocycles. The van der Waals surface area contributed by atoms with Crippen LogP contribution >= 0.6 is 0 Å². The van der Waals surface area contributed by atoms with Crippen LogP contribution in [0.3, 0.4) is 0 Å². The molecule has 1 aliphatic heterocycles. The largest absolute Gasteiger partial charge is 0.490 e. The minimum absolute atomic E-state index is 0.0769. The van der Waals surface area contributed by atoms with E-state index in [2.05, 4.69) is 26.0 Å². The lowest BCUT2D eigenvalue weighted by Crippen LogP contribution is -2.38. The number of nitrogens with zero attached hydrogens (tertiary/aromatic N) is 2. The summed E-state index contributed by atoms with van der Waals surface area (Å²) in [6.45, 7) is 2.01. The number of nitrogens with one attached hydrogen (secondary N) is 1. The Hall–Kier alpha value is -2.93. The van der Waals surface area contributed by atoms with E-state index in [4.69, 9.17) is 4.74 Å². The number of ether oxygens (including phenoxy) is 2. The molecule has 164 valence electrons. The molecule has 1 aromatic heterocycles. The first-order valence-corrected chi connectivity index (χ1v) is 10.7. The molecule has 0 radical (unpaired) electrons. The van der Waals surface area contributed by atoms with Crippen molar-refractivity contribution in [2.45, 2.75) is 39.0 Å². The van der Waals surface area contributed by atoms with Crippen molar-refractivity contribution in [3.8, 4) is 11.5 Å². The van der Waals surface area contributed by atoms with E-state index < -0.39 is 6.61 Å². The molecular weight excluding hydrogens is 400 g/mol. The Labute approximate surface area is 181 Å². The van der Waals surface area contributed by atoms with Gasteiger partial charge in [0, 0.05) is 42.9 Å². The molecule has 1 fully saturated rings. The molecule has 0 spiro atoms. The quantitative estimate of drug-likeness (QED) is 0.528. The number of halogens is 2. The summed E-state index contributed by atoms with van der Waals surface area (Å²) in [5.41, 5.74) is 3.14. The van der Waals surface area contributed by atoms with Crippen LogP contribution in [0.15, 0.2) is 54.7 Å². The van der Waals surface area contributed by atoms with Crippen molar-refractivity contribution in [3.05, 3.63) is 60.3 Å². The third kappa shape index (κ3) is 5.41. The SMILES string of the molecule is CCOc1cc(CN2CCC(Nc3ccnc4ccccc34)CC2)ccc1OC(F)F. The Bertz CT molecular complexity index is 1000. The number of piperidine rings is 1. The highest BCUT2D eigenvalue weighted by molar-refractivity contribution is 5.90. The summed E-state index contributed by atoms with van der Waals surface area (Å²) in [5.74, 6) is 0.439. The summed E-state index contributed by atoms with van der Waals surface area (Å²) in [6, 6.07) is 15.8. The molecule has 0 saturated carbocycles. The molecule has 5 nitrogen and oxygen atoms in total. The van der Waals surface area contributed by atoms with Crippen LogP contribution in [-0.4, -0.2) is 42.2 Å². The molecule has 4 rings (SSSR count). The Morgan fingerprint density at radius 1 is 1.10 bits per heavy atom. The van der Waals surface area contributed by atoms with Gasteiger partial charge < -0.3 is 14.8 Å². The van der Waals surface area contributed by atoms with Gasteiger partial charge in [-0.15, -0.1) is 0 Å². The van der Waals surface area contributed by atoms with Gasteiger partial charge in [-0.25, -0.2) is 0 Å². The van der Waals surface area contributed by atoms with Crippen LogP contribution in [0.2, 0.25) is 0 Å². The van der Waals surface area contributed by atoms with E-state index >= 15 is 0 Å². The van der Waals surface area contributed by atoms with Gasteiger partial charge in [0.1, 0.15) is 0 Å². The monoisotopic (exact) mass is 427 g/mol. The maximum Gasteiger partial charge on any atom is 0.387 e. The van der Waals surface area contributed by atoms with E-state index in [0.717, 1.165) is 54.6 Å². The lowest BCUT2D eigenvalue weighted by molar-refractivity contribution is -0.0514. The average Bonchev–Trinajstić information content (AvgIpc) is 2.77. The van der Waals surface area contributed by atoms with Gasteiger partial charge in [0.2, 0.25) is 0 Å². The summed E-state index contributed by atoms with van der Waals surface area (Å²) in [6.07, 6.45) is 3.90. The molecule has 1 aliphatic rings. The second kappa shape index (κ2) is 9.92. The van der Waals surface area contributed by atoms with Gasteiger partial charge in [-0.05, 0) is 49.6 Å². The van der Waals surface area contributed by atoms with Crippen LogP contribution in [0.1, 0.15) is 25.3 Å². The molecular formula is C24H27F2N3O2. The van der Waals surface area contributed by atoms with Gasteiger partial charge in [0.25, 0.3) is 0 Å². The number of hydrogen-bond acceptors (Lipinski definition) is 5. The fraction of sp³-hybridized carbons (Fsp3) is 0.375. The number of para-hydroxylation sites is 1. The number of hydrogen-bond donors (Lipinski definition) is 1. The zero-order valence-electron chi connectivity index (χ0n) is 17.6. The Morgan fingerprint density at radius 2 is 1.90 bits per heavy atom. The van der Waals surface area contributed by atoms with E-state index in [1.165, 1.54) is 0 Å². The van der Waals surface area contributed by atoms with Crippen LogP contribution < -0.4 is 14.8 Å². The van der Waals surface area contributed by atoms with Crippen LogP contribution in [-0.2, 0) is 6.54 Å². The molecule has 31 heavy (non-hydrogen) atoms. The van der Waals surface area contributed by atoms with Crippen molar-refractivity contribution in [2.75, 3.05) is 25.0 Å². The number of benzene rings is 2. The second-order valence-corrected chi connectivity index (χ2v) is 7.66. The molecule has 0 amide bonds. The zero-order valence-corrected chi connectivity index (χ0v) is 17.6. The van der Waals surface area contributed by atoms with E-state index in [-0.39, 0.29) is 5.75 Å². The van der Waals surface area contributed by atoms with Crippen molar-refractivity contribution >= 4 is 16.6 Å². The molecule has 7 heteroatoms. The summed E-state index contributed by atoms with van der Waals surface area (Å²) >= 11 is 0. The topological polar surface area (TPSA) is 46.6 Å². The van der Waals surface area contributed by atoms with Crippen molar-refractivity contribution < 1.29 is 18.3 Å². The van der Waals surface area contributed by atoms with Crippen molar-refractivity contribution in [2.24, 2.45) is 0 Å². The second-order valence-electron chi connectivity index (χ2n) is 7.66. The van der Waals surface area contributed by atoms with Crippen LogP contribution in [0.4, 0.5) is 14.5 Å². The highest BCUT2D eigenvalue weighted by Gasteiger charge is 2.20. The number of aromatic nitrogens is 1. The number of pyridine rings is 1. The number of likely N-dealkylation sites (tertiary alicyclic amines) is 1. The predicted molar refractivity (Wildman–Crippen MR) is 118 cm³/mol. The predicted octanol–water partition coefficient (Wildman–Crippen LogP) is 5.31. The first kappa shape index (κ1) is 21.3. The van der Waals surface area contributed by atoms with Gasteiger partial charge in [0.05, 0.1) is 12.1 Å². The fourth-order valence-corrected chi connectivity index (χ4v) is 4.05. The molecule has 0 aliphatic carbocycles. The van der Waals surface area contributed by atoms with Crippen LogP contribution in [0.5, 0.6) is 11.5 Å². The van der Waals surface area contributed by atoms with Crippen molar-refractivity contribution in [3.63, 3.8) is 0 Å². The molecule has 0 bridgehead atoms. The number of alkyl halides is 2. The first-order chi connectivity index (χ1) is 15.1. The lowest BCUT2D eigenvalue weighted by Gasteiger charge is -2.33. The summed E-state index contributed by atoms with van der Waals surface area (Å²) in [5, 5.41) is 4.83. The molecule has 3 aromatic rings. The molecule has 2 aromatic carbocycles. The van der Waals surface area contributed by atoms with Gasteiger partial charge in [0.15, 0.2) is 11.5 Å². The van der Waals surface area contributed by atoms with E-state index in [0.29, 0.717) is 18.4 Å². The maximum atomic E-state index is 12.6. The maximum absolute atomic E-state index is 12.6. The molecule has 1 saturated heterocycles. The average molecular weight is 427 g/mol. The van der Waals surface area contributed by atoms with Crippen molar-refractivity contribution in [1.82, 2.24) is 9.88 Å². The third-order valence-electron chi connectivity index (χ3n) is 5.53. The summed E-state index contributed by atoms with van der Waals surface area (Å²) < 4.78 is 35.2. The van der Waals surface area contributed by atoms with Gasteiger partial charge in [-0.1, -0.05) is 24.3 Å². The number of anilines is 1. The highest BCUT2D eigenvalue weighted by Crippen LogP contribution is 2.31. The Morgan fingerprint density at radius 3 is 2.68 bits per heavy atom. The molecule has 1 N–H and O–H groups in total. The summed E-state index contributed by atoms with van der Waals surface area (Å²) in [4.78, 5) is 6.80. The highest BCUT2D eigenvalue weighted by atomic mass is 19.3. The Kier molecular flexibility index (Phi) is 6.82. The number of fused-ring (bicyclic) bond motifs is 1. The van der Waals surface area contributed by atoms with Gasteiger partial charge in [-0.2, -0.15) is 8.78 Å². The number of rotatable bonds is 8. The van der Waals surface area contributed by atoms with E-state index in [9.17, 15) is 8.78 Å². The zero-order chi connectivity index (χ0) is 21.6. The minimum atomic E-state index is -2.87. The smallest absolute Gasteiger partial charge is 0.387 e. The standard InChI is InChI=1S/C24H27F2N3O2/c1-2-30-23-15-17(7-8-22(23)31-24(25)26)16-29-13-10-18(11-14-29)28-21-9-12-27-20-6-4-3-5-19(20)21/h3-9,12,15,18,24H,2,10-11,13-14,16H2,1H3,(H,27,28). The normalized spacial score (nSPS) is 15.4. The van der Waals surface area contributed by atoms with E-state index in [1.54, 1.807) is 12.1 Å². The lowest BCUT2D eigenvalue weighted by atomic mass is 10.0. The minimum Gasteiger partial charge on any atom is -0.490 e. The Balaban J connectivity index is 1.35. The van der Waals surface area contributed by atoms with Crippen molar-refractivity contribution in [1.29, 1.82) is 0 Å². The van der Waals surface area contributed by atoms with Gasteiger partial charge >= 0.3 is 6.61 Å². The molecule has 0 atom stereocenters. The summed E-state index contributed by atoms with van der Waals surface area (Å²) in [7, 11) is 0. The third-order valence-corrected chi connectivity index (χ3v) is 5.53.